The van der Waals surface area contributed by atoms with Gasteiger partial charge in [-0.3, -0.25) is 4.79 Å². The summed E-state index contributed by atoms with van der Waals surface area (Å²) in [7, 11) is 0. The Morgan fingerprint density at radius 2 is 2.35 bits per heavy atom. The van der Waals surface area contributed by atoms with Gasteiger partial charge in [0.2, 0.25) is 5.88 Å². The molecule has 0 unspecified atom stereocenters. The van der Waals surface area contributed by atoms with Crippen molar-refractivity contribution in [2.45, 2.75) is 26.2 Å². The van der Waals surface area contributed by atoms with Gasteiger partial charge in [0.1, 0.15) is 5.76 Å². The van der Waals surface area contributed by atoms with Gasteiger partial charge in [-0.1, -0.05) is 5.16 Å². The van der Waals surface area contributed by atoms with Crippen molar-refractivity contribution >= 4 is 5.91 Å². The molecule has 0 aliphatic carbocycles. The molecule has 1 aliphatic heterocycles. The Labute approximate surface area is 129 Å². The standard InChI is InChI=1S/C14H13F2N3O4/c15-14(16)22-11-5-8(1-3-17-11)6-18-13(20)12-9-7-21-4-2-10(9)23-19-12/h1,3,5,14H,2,4,6-7H2,(H,18,20). The molecule has 0 saturated carbocycles. The fourth-order valence-corrected chi connectivity index (χ4v) is 2.19. The third kappa shape index (κ3) is 3.62. The second kappa shape index (κ2) is 6.69. The Morgan fingerprint density at radius 3 is 3.17 bits per heavy atom. The number of pyridine rings is 1. The highest BCUT2D eigenvalue weighted by Gasteiger charge is 2.24. The van der Waals surface area contributed by atoms with Gasteiger partial charge in [-0.15, -0.1) is 0 Å². The van der Waals surface area contributed by atoms with Gasteiger partial charge in [-0.2, -0.15) is 8.78 Å². The van der Waals surface area contributed by atoms with Crippen LogP contribution in [-0.2, 0) is 24.3 Å². The van der Waals surface area contributed by atoms with Crippen LogP contribution < -0.4 is 10.1 Å². The van der Waals surface area contributed by atoms with Crippen LogP contribution in [0, 0.1) is 0 Å². The van der Waals surface area contributed by atoms with Crippen LogP contribution in [0.3, 0.4) is 0 Å². The molecule has 0 radical (unpaired) electrons. The molecule has 0 saturated heterocycles. The largest absolute Gasteiger partial charge is 0.417 e. The fraction of sp³-hybridized carbons (Fsp3) is 0.357. The van der Waals surface area contributed by atoms with Crippen molar-refractivity contribution in [3.63, 3.8) is 0 Å². The maximum absolute atomic E-state index is 12.2. The van der Waals surface area contributed by atoms with E-state index in [-0.39, 0.29) is 24.7 Å². The maximum atomic E-state index is 12.2. The quantitative estimate of drug-likeness (QED) is 0.900. The SMILES string of the molecule is O=C(NCc1ccnc(OC(F)F)c1)c1noc2c1COCC2. The number of ether oxygens (including phenoxy) is 2. The van der Waals surface area contributed by atoms with Crippen LogP contribution in [0.2, 0.25) is 0 Å². The molecular formula is C14H13F2N3O4. The second-order valence-corrected chi connectivity index (χ2v) is 4.80. The first kappa shape index (κ1) is 15.3. The number of carbonyl (C=O) groups is 1. The van der Waals surface area contributed by atoms with Gasteiger partial charge in [0.15, 0.2) is 5.69 Å². The van der Waals surface area contributed by atoms with Crippen molar-refractivity contribution in [2.24, 2.45) is 0 Å². The molecule has 0 spiro atoms. The number of alkyl halides is 2. The zero-order valence-corrected chi connectivity index (χ0v) is 11.9. The summed E-state index contributed by atoms with van der Waals surface area (Å²) < 4.78 is 38.9. The number of fused-ring (bicyclic) bond motifs is 1. The van der Waals surface area contributed by atoms with Gasteiger partial charge in [-0.25, -0.2) is 4.98 Å². The maximum Gasteiger partial charge on any atom is 0.388 e. The van der Waals surface area contributed by atoms with E-state index in [2.05, 4.69) is 20.2 Å². The van der Waals surface area contributed by atoms with Gasteiger partial charge in [0, 0.05) is 25.2 Å². The summed E-state index contributed by atoms with van der Waals surface area (Å²) in [6.07, 6.45) is 1.90. The third-order valence-corrected chi connectivity index (χ3v) is 3.27. The monoisotopic (exact) mass is 325 g/mol. The molecule has 1 aliphatic rings. The van der Waals surface area contributed by atoms with E-state index in [4.69, 9.17) is 9.26 Å². The molecular weight excluding hydrogens is 312 g/mol. The zero-order chi connectivity index (χ0) is 16.2. The van der Waals surface area contributed by atoms with Crippen LogP contribution in [0.4, 0.5) is 8.78 Å². The smallest absolute Gasteiger partial charge is 0.388 e. The number of amides is 1. The minimum Gasteiger partial charge on any atom is -0.417 e. The van der Waals surface area contributed by atoms with Crippen LogP contribution in [0.25, 0.3) is 0 Å². The molecule has 2 aromatic heterocycles. The van der Waals surface area contributed by atoms with E-state index in [0.29, 0.717) is 29.9 Å². The number of aromatic nitrogens is 2. The number of hydrogen-bond acceptors (Lipinski definition) is 6. The summed E-state index contributed by atoms with van der Waals surface area (Å²) in [4.78, 5) is 15.8. The zero-order valence-electron chi connectivity index (χ0n) is 11.9. The average Bonchev–Trinajstić information content (AvgIpc) is 2.96. The van der Waals surface area contributed by atoms with Crippen molar-refractivity contribution in [3.05, 3.63) is 40.9 Å². The summed E-state index contributed by atoms with van der Waals surface area (Å²) in [5.74, 6) is 0.0190. The first-order chi connectivity index (χ1) is 11.1. The highest BCUT2D eigenvalue weighted by Crippen LogP contribution is 2.20. The van der Waals surface area contributed by atoms with Gasteiger partial charge < -0.3 is 19.3 Å². The normalized spacial score (nSPS) is 13.7. The van der Waals surface area contributed by atoms with E-state index in [1.165, 1.54) is 12.3 Å². The van der Waals surface area contributed by atoms with Gasteiger partial charge in [0.05, 0.1) is 18.8 Å². The molecule has 0 atom stereocenters. The summed E-state index contributed by atoms with van der Waals surface area (Å²) in [5, 5.41) is 6.41. The summed E-state index contributed by atoms with van der Waals surface area (Å²) in [6, 6.07) is 2.91. The first-order valence-corrected chi connectivity index (χ1v) is 6.86. The lowest BCUT2D eigenvalue weighted by Gasteiger charge is -2.10. The lowest BCUT2D eigenvalue weighted by atomic mass is 10.1. The number of rotatable bonds is 5. The molecule has 0 aromatic carbocycles. The molecule has 0 bridgehead atoms. The average molecular weight is 325 g/mol. The highest BCUT2D eigenvalue weighted by molar-refractivity contribution is 5.93. The molecule has 0 fully saturated rings. The topological polar surface area (TPSA) is 86.5 Å². The van der Waals surface area contributed by atoms with Gasteiger partial charge in [0.25, 0.3) is 5.91 Å². The Bertz CT molecular complexity index is 705. The predicted molar refractivity (Wildman–Crippen MR) is 71.9 cm³/mol. The van der Waals surface area contributed by atoms with Crippen molar-refractivity contribution in [1.29, 1.82) is 0 Å². The van der Waals surface area contributed by atoms with E-state index >= 15 is 0 Å². The van der Waals surface area contributed by atoms with Crippen molar-refractivity contribution in [1.82, 2.24) is 15.5 Å². The van der Waals surface area contributed by atoms with Crippen molar-refractivity contribution < 1.29 is 27.6 Å². The summed E-state index contributed by atoms with van der Waals surface area (Å²) in [6.45, 7) is -2.02. The van der Waals surface area contributed by atoms with Gasteiger partial charge in [-0.05, 0) is 11.6 Å². The first-order valence-electron chi connectivity index (χ1n) is 6.86. The third-order valence-electron chi connectivity index (χ3n) is 3.27. The van der Waals surface area contributed by atoms with Crippen LogP contribution >= 0.6 is 0 Å². The number of halogens is 2. The van der Waals surface area contributed by atoms with E-state index in [0.717, 1.165) is 0 Å². The number of nitrogens with one attached hydrogen (secondary N) is 1. The Hall–Kier alpha value is -2.55. The highest BCUT2D eigenvalue weighted by atomic mass is 19.3. The summed E-state index contributed by atoms with van der Waals surface area (Å²) in [5.41, 5.74) is 1.39. The Morgan fingerprint density at radius 1 is 1.48 bits per heavy atom. The molecule has 3 heterocycles. The van der Waals surface area contributed by atoms with Crippen LogP contribution in [0.15, 0.2) is 22.9 Å². The van der Waals surface area contributed by atoms with Crippen LogP contribution in [0.5, 0.6) is 5.88 Å². The fourth-order valence-electron chi connectivity index (χ4n) is 2.19. The molecule has 3 rings (SSSR count). The molecule has 7 nitrogen and oxygen atoms in total. The van der Waals surface area contributed by atoms with Crippen LogP contribution in [-0.4, -0.2) is 29.3 Å². The lowest BCUT2D eigenvalue weighted by Crippen LogP contribution is -2.25. The van der Waals surface area contributed by atoms with E-state index in [1.54, 1.807) is 6.07 Å². The van der Waals surface area contributed by atoms with E-state index < -0.39 is 12.5 Å². The minimum atomic E-state index is -2.95. The van der Waals surface area contributed by atoms with Crippen molar-refractivity contribution in [3.8, 4) is 5.88 Å². The molecule has 1 amide bonds. The second-order valence-electron chi connectivity index (χ2n) is 4.80. The number of hydrogen-bond donors (Lipinski definition) is 1. The summed E-state index contributed by atoms with van der Waals surface area (Å²) >= 11 is 0. The van der Waals surface area contributed by atoms with Crippen molar-refractivity contribution in [2.75, 3.05) is 6.61 Å². The number of carbonyl (C=O) groups excluding carboxylic acids is 1. The number of nitrogens with zero attached hydrogens (tertiary/aromatic N) is 2. The molecule has 9 heteroatoms. The van der Waals surface area contributed by atoms with Crippen LogP contribution in [0.1, 0.15) is 27.4 Å². The molecule has 1 N–H and O–H groups in total. The molecule has 122 valence electrons. The van der Waals surface area contributed by atoms with Gasteiger partial charge >= 0.3 is 6.61 Å². The van der Waals surface area contributed by atoms with E-state index in [1.807, 2.05) is 0 Å². The Kier molecular flexibility index (Phi) is 4.47. The van der Waals surface area contributed by atoms with E-state index in [9.17, 15) is 13.6 Å². The predicted octanol–water partition coefficient (Wildman–Crippen LogP) is 1.67. The molecule has 2 aromatic rings. The lowest BCUT2D eigenvalue weighted by molar-refractivity contribution is -0.0529. The molecule has 23 heavy (non-hydrogen) atoms. The minimum absolute atomic E-state index is 0.115. The Balaban J connectivity index is 1.64.